The van der Waals surface area contributed by atoms with Gasteiger partial charge in [-0.1, -0.05) is 17.9 Å². The molecule has 6 heteroatoms. The first-order valence-electron chi connectivity index (χ1n) is 8.74. The lowest BCUT2D eigenvalue weighted by Gasteiger charge is -2.32. The molecule has 2 N–H and O–H groups in total. The van der Waals surface area contributed by atoms with Crippen LogP contribution in [0.5, 0.6) is 0 Å². The second-order valence-electron chi connectivity index (χ2n) is 7.14. The molecule has 2 heterocycles. The molecule has 2 aromatic rings. The summed E-state index contributed by atoms with van der Waals surface area (Å²) in [7, 11) is 1.64. The fraction of sp³-hybridized carbons (Fsp3) is 0.350. The summed E-state index contributed by atoms with van der Waals surface area (Å²) in [5, 5.41) is 4.46. The van der Waals surface area contributed by atoms with E-state index in [-0.39, 0.29) is 18.3 Å². The van der Waals surface area contributed by atoms with Gasteiger partial charge in [0.25, 0.3) is 0 Å². The van der Waals surface area contributed by atoms with Crippen molar-refractivity contribution in [3.63, 3.8) is 0 Å². The van der Waals surface area contributed by atoms with Crippen LogP contribution in [0.3, 0.4) is 0 Å². The highest BCUT2D eigenvalue weighted by molar-refractivity contribution is 5.98. The van der Waals surface area contributed by atoms with E-state index in [0.717, 1.165) is 16.8 Å². The first-order valence-corrected chi connectivity index (χ1v) is 8.74. The summed E-state index contributed by atoms with van der Waals surface area (Å²) in [6, 6.07) is 7.99. The van der Waals surface area contributed by atoms with Crippen LogP contribution in [-0.2, 0) is 10.3 Å². The number of aromatic nitrogens is 2. The molecule has 26 heavy (non-hydrogen) atoms. The molecule has 2 aliphatic rings. The van der Waals surface area contributed by atoms with Crippen molar-refractivity contribution in [3.8, 4) is 17.5 Å². The van der Waals surface area contributed by atoms with Crippen LogP contribution >= 0.6 is 0 Å². The van der Waals surface area contributed by atoms with Crippen molar-refractivity contribution in [2.75, 3.05) is 7.05 Å². The third-order valence-electron chi connectivity index (χ3n) is 4.89. The summed E-state index contributed by atoms with van der Waals surface area (Å²) >= 11 is 0. The van der Waals surface area contributed by atoms with Crippen molar-refractivity contribution in [1.29, 1.82) is 0 Å². The van der Waals surface area contributed by atoms with Crippen LogP contribution in [0.4, 0.5) is 0 Å². The van der Waals surface area contributed by atoms with E-state index in [1.54, 1.807) is 17.9 Å². The summed E-state index contributed by atoms with van der Waals surface area (Å²) in [4.78, 5) is 18.1. The number of benzene rings is 1. The molecule has 1 atom stereocenters. The number of hydrogen-bond donors (Lipinski definition) is 1. The van der Waals surface area contributed by atoms with Crippen LogP contribution in [-0.4, -0.2) is 33.6 Å². The van der Waals surface area contributed by atoms with Gasteiger partial charge in [0.05, 0.1) is 23.8 Å². The van der Waals surface area contributed by atoms with Crippen LogP contribution in [0.25, 0.3) is 5.69 Å². The Morgan fingerprint density at radius 2 is 2.15 bits per heavy atom. The zero-order chi connectivity index (χ0) is 18.3. The number of nitrogens with zero attached hydrogens (tertiary/aromatic N) is 4. The van der Waals surface area contributed by atoms with Gasteiger partial charge in [-0.15, -0.1) is 0 Å². The van der Waals surface area contributed by atoms with Crippen LogP contribution in [0.15, 0.2) is 41.7 Å². The van der Waals surface area contributed by atoms with Gasteiger partial charge in [-0.05, 0) is 38.0 Å². The van der Waals surface area contributed by atoms with Gasteiger partial charge in [0.15, 0.2) is 5.96 Å². The van der Waals surface area contributed by atoms with Gasteiger partial charge in [0.2, 0.25) is 5.91 Å². The van der Waals surface area contributed by atoms with Crippen molar-refractivity contribution in [2.45, 2.75) is 31.7 Å². The second-order valence-corrected chi connectivity index (χ2v) is 7.14. The number of nitrogens with two attached hydrogens (primary N) is 1. The molecule has 132 valence electrons. The zero-order valence-electron chi connectivity index (χ0n) is 14.9. The quantitative estimate of drug-likeness (QED) is 0.845. The van der Waals surface area contributed by atoms with Gasteiger partial charge >= 0.3 is 0 Å². The van der Waals surface area contributed by atoms with Crippen LogP contribution < -0.4 is 5.73 Å². The number of carbonyl (C=O) groups excluding carboxylic acids is 1. The molecular formula is C20H21N5O. The first kappa shape index (κ1) is 16.4. The summed E-state index contributed by atoms with van der Waals surface area (Å²) in [6.07, 6.45) is 6.35. The predicted octanol–water partition coefficient (Wildman–Crippen LogP) is 2.03. The first-order chi connectivity index (χ1) is 12.4. The maximum Gasteiger partial charge on any atom is 0.231 e. The lowest BCUT2D eigenvalue weighted by Crippen LogP contribution is -2.47. The van der Waals surface area contributed by atoms with E-state index in [1.165, 1.54) is 17.7 Å². The number of amides is 1. The number of guanidine groups is 1. The van der Waals surface area contributed by atoms with E-state index < -0.39 is 5.54 Å². The number of carbonyl (C=O) groups is 1. The Morgan fingerprint density at radius 1 is 1.35 bits per heavy atom. The number of aliphatic imine (C=N–C) groups is 1. The van der Waals surface area contributed by atoms with Gasteiger partial charge in [-0.3, -0.25) is 9.69 Å². The second kappa shape index (κ2) is 6.03. The molecule has 0 radical (unpaired) electrons. The minimum absolute atomic E-state index is 0.0508. The maximum atomic E-state index is 12.2. The number of rotatable bonds is 2. The van der Waals surface area contributed by atoms with Gasteiger partial charge in [-0.25, -0.2) is 9.67 Å². The standard InChI is InChI=1S/C20H21N5O/c1-20(11-18(26)24(2)19(21)23-20)16-12-22-25(13-16)17-5-3-4-15(10-17)9-8-14-6-7-14/h3-5,10,12-14H,6-7,11H2,1-2H3,(H2,21,23)/t20-/m0/s1. The van der Waals surface area contributed by atoms with E-state index in [9.17, 15) is 4.79 Å². The third-order valence-corrected chi connectivity index (χ3v) is 4.89. The van der Waals surface area contributed by atoms with E-state index >= 15 is 0 Å². The number of hydrogen-bond acceptors (Lipinski definition) is 4. The molecule has 1 aromatic carbocycles. The summed E-state index contributed by atoms with van der Waals surface area (Å²) in [5.41, 5.74) is 7.96. The highest BCUT2D eigenvalue weighted by Gasteiger charge is 2.37. The van der Waals surface area contributed by atoms with Crippen molar-refractivity contribution in [2.24, 2.45) is 16.6 Å². The zero-order valence-corrected chi connectivity index (χ0v) is 14.9. The summed E-state index contributed by atoms with van der Waals surface area (Å²) in [5.74, 6) is 7.26. The molecule has 1 aliphatic heterocycles. The average molecular weight is 347 g/mol. The fourth-order valence-corrected chi connectivity index (χ4v) is 2.96. The summed E-state index contributed by atoms with van der Waals surface area (Å²) in [6.45, 7) is 1.91. The predicted molar refractivity (Wildman–Crippen MR) is 99.5 cm³/mol. The van der Waals surface area contributed by atoms with E-state index in [2.05, 4.69) is 21.9 Å². The Balaban J connectivity index is 1.63. The Bertz CT molecular complexity index is 960. The smallest absolute Gasteiger partial charge is 0.231 e. The molecule has 0 bridgehead atoms. The molecule has 1 saturated carbocycles. The molecule has 1 aliphatic carbocycles. The fourth-order valence-electron chi connectivity index (χ4n) is 2.96. The highest BCUT2D eigenvalue weighted by Crippen LogP contribution is 2.33. The van der Waals surface area contributed by atoms with Crippen molar-refractivity contribution >= 4 is 11.9 Å². The van der Waals surface area contributed by atoms with E-state index in [1.807, 2.05) is 37.4 Å². The Hall–Kier alpha value is -3.07. The van der Waals surface area contributed by atoms with Crippen LogP contribution in [0, 0.1) is 17.8 Å². The maximum absolute atomic E-state index is 12.2. The molecule has 1 aromatic heterocycles. The third kappa shape index (κ3) is 3.08. The van der Waals surface area contributed by atoms with Crippen LogP contribution in [0.1, 0.15) is 37.3 Å². The van der Waals surface area contributed by atoms with Crippen molar-refractivity contribution in [3.05, 3.63) is 47.8 Å². The monoisotopic (exact) mass is 347 g/mol. The highest BCUT2D eigenvalue weighted by atomic mass is 16.2. The average Bonchev–Trinajstić information content (AvgIpc) is 3.31. The summed E-state index contributed by atoms with van der Waals surface area (Å²) < 4.78 is 1.79. The van der Waals surface area contributed by atoms with Crippen LogP contribution in [0.2, 0.25) is 0 Å². The molecular weight excluding hydrogens is 326 g/mol. The topological polar surface area (TPSA) is 76.5 Å². The molecule has 1 amide bonds. The Morgan fingerprint density at radius 3 is 2.88 bits per heavy atom. The molecule has 4 rings (SSSR count). The molecule has 1 fully saturated rings. The SMILES string of the molecule is CN1C(=O)C[C@@](C)(c2cnn(-c3cccc(C#CC4CC4)c3)c2)N=C1N. The largest absolute Gasteiger partial charge is 0.369 e. The van der Waals surface area contributed by atoms with Gasteiger partial charge in [0.1, 0.15) is 0 Å². The normalized spacial score (nSPS) is 22.6. The Kier molecular flexibility index (Phi) is 3.80. The molecule has 6 nitrogen and oxygen atoms in total. The van der Waals surface area contributed by atoms with Crippen molar-refractivity contribution < 1.29 is 4.79 Å². The molecule has 0 saturated heterocycles. The molecule has 0 unspecified atom stereocenters. The van der Waals surface area contributed by atoms with E-state index in [0.29, 0.717) is 5.92 Å². The Labute approximate surface area is 152 Å². The lowest BCUT2D eigenvalue weighted by atomic mass is 9.90. The lowest BCUT2D eigenvalue weighted by molar-refractivity contribution is -0.128. The minimum atomic E-state index is -0.699. The molecule has 0 spiro atoms. The van der Waals surface area contributed by atoms with E-state index in [4.69, 9.17) is 5.73 Å². The van der Waals surface area contributed by atoms with Crippen molar-refractivity contribution in [1.82, 2.24) is 14.7 Å². The van der Waals surface area contributed by atoms with Gasteiger partial charge < -0.3 is 5.73 Å². The van der Waals surface area contributed by atoms with Gasteiger partial charge in [0, 0.05) is 30.3 Å². The minimum Gasteiger partial charge on any atom is -0.369 e. The van der Waals surface area contributed by atoms with Gasteiger partial charge in [-0.2, -0.15) is 5.10 Å².